The van der Waals surface area contributed by atoms with Gasteiger partial charge in [0.1, 0.15) is 0 Å². The van der Waals surface area contributed by atoms with Crippen LogP contribution in [0.2, 0.25) is 0 Å². The molecule has 2 fully saturated rings. The molecule has 1 aliphatic carbocycles. The molecule has 0 atom stereocenters. The molecule has 0 radical (unpaired) electrons. The average molecular weight is 247 g/mol. The molecule has 2 aliphatic rings. The molecule has 2 heterocycles. The monoisotopic (exact) mass is 247 g/mol. The molecule has 18 heavy (non-hydrogen) atoms. The van der Waals surface area contributed by atoms with E-state index >= 15 is 0 Å². The van der Waals surface area contributed by atoms with E-state index < -0.39 is 0 Å². The van der Waals surface area contributed by atoms with E-state index in [0.717, 1.165) is 37.3 Å². The summed E-state index contributed by atoms with van der Waals surface area (Å²) in [6.07, 6.45) is 3.73. The largest absolute Gasteiger partial charge is 0.308 e. The van der Waals surface area contributed by atoms with Gasteiger partial charge in [-0.25, -0.2) is 0 Å². The molecule has 0 aromatic carbocycles. The summed E-state index contributed by atoms with van der Waals surface area (Å²) in [5, 5.41) is 3.32. The van der Waals surface area contributed by atoms with Crippen molar-refractivity contribution in [1.82, 2.24) is 10.3 Å². The van der Waals surface area contributed by atoms with Gasteiger partial charge in [0.05, 0.1) is 17.4 Å². The smallest absolute Gasteiger partial charge is 0.247 e. The van der Waals surface area contributed by atoms with Crippen molar-refractivity contribution >= 4 is 11.6 Å². The molecule has 4 heteroatoms. The van der Waals surface area contributed by atoms with Crippen LogP contribution in [0.1, 0.15) is 32.4 Å². The molecule has 1 spiro atoms. The van der Waals surface area contributed by atoms with Gasteiger partial charge < -0.3 is 10.2 Å². The number of anilines is 1. The molecule has 1 N–H and O–H groups in total. The minimum absolute atomic E-state index is 0.212. The second-order valence-corrected chi connectivity index (χ2v) is 4.62. The lowest BCUT2D eigenvalue weighted by Gasteiger charge is -2.33. The zero-order chi connectivity index (χ0) is 13.2. The molecule has 1 aliphatic heterocycles. The van der Waals surface area contributed by atoms with Gasteiger partial charge in [0, 0.05) is 18.8 Å². The Balaban J connectivity index is 0.000000574. The number of carbonyl (C=O) groups is 1. The van der Waals surface area contributed by atoms with Crippen molar-refractivity contribution in [1.29, 1.82) is 0 Å². The van der Waals surface area contributed by atoms with Gasteiger partial charge in [-0.2, -0.15) is 0 Å². The van der Waals surface area contributed by atoms with Crippen LogP contribution < -0.4 is 10.2 Å². The average Bonchev–Trinajstić information content (AvgIpc) is 3.18. The van der Waals surface area contributed by atoms with E-state index in [1.165, 1.54) is 0 Å². The maximum Gasteiger partial charge on any atom is 0.247 e. The van der Waals surface area contributed by atoms with Crippen LogP contribution in [0.4, 0.5) is 5.69 Å². The molecule has 3 rings (SSSR count). The summed E-state index contributed by atoms with van der Waals surface area (Å²) in [4.78, 5) is 18.3. The summed E-state index contributed by atoms with van der Waals surface area (Å²) in [7, 11) is 0. The highest BCUT2D eigenvalue weighted by atomic mass is 16.2. The normalized spacial score (nSPS) is 20.4. The van der Waals surface area contributed by atoms with Gasteiger partial charge in [0.25, 0.3) is 0 Å². The van der Waals surface area contributed by atoms with Crippen molar-refractivity contribution in [2.24, 2.45) is 0 Å². The predicted octanol–water partition coefficient (Wildman–Crippen LogP) is 1.89. The number of hydrogen-bond acceptors (Lipinski definition) is 3. The minimum atomic E-state index is -0.233. The van der Waals surface area contributed by atoms with Crippen molar-refractivity contribution in [2.45, 2.75) is 39.2 Å². The molecular weight excluding hydrogens is 226 g/mol. The van der Waals surface area contributed by atoms with Gasteiger partial charge in [-0.05, 0) is 31.9 Å². The lowest BCUT2D eigenvalue weighted by Crippen LogP contribution is -2.57. The van der Waals surface area contributed by atoms with Crippen LogP contribution in [0.25, 0.3) is 0 Å². The second kappa shape index (κ2) is 5.06. The zero-order valence-electron chi connectivity index (χ0n) is 11.4. The topological polar surface area (TPSA) is 45.2 Å². The van der Waals surface area contributed by atoms with Crippen molar-refractivity contribution < 1.29 is 4.79 Å². The Labute approximate surface area is 108 Å². The third-order valence-corrected chi connectivity index (χ3v) is 3.41. The first kappa shape index (κ1) is 13.0. The molecule has 1 saturated heterocycles. The van der Waals surface area contributed by atoms with E-state index in [0.29, 0.717) is 0 Å². The Hall–Kier alpha value is -1.42. The summed E-state index contributed by atoms with van der Waals surface area (Å²) in [5.74, 6) is 0.212. The van der Waals surface area contributed by atoms with Gasteiger partial charge in [-0.3, -0.25) is 9.78 Å². The van der Waals surface area contributed by atoms with Crippen molar-refractivity contribution in [3.63, 3.8) is 0 Å². The van der Waals surface area contributed by atoms with Crippen LogP contribution in [0.15, 0.2) is 18.3 Å². The van der Waals surface area contributed by atoms with E-state index in [2.05, 4.69) is 10.3 Å². The quantitative estimate of drug-likeness (QED) is 0.824. The summed E-state index contributed by atoms with van der Waals surface area (Å²) < 4.78 is 0. The number of hydrogen-bond donors (Lipinski definition) is 1. The number of aromatic nitrogens is 1. The van der Waals surface area contributed by atoms with Gasteiger partial charge in [-0.1, -0.05) is 13.8 Å². The molecule has 1 aromatic heterocycles. The van der Waals surface area contributed by atoms with Crippen LogP contribution in [0.5, 0.6) is 0 Å². The lowest BCUT2D eigenvalue weighted by molar-refractivity contribution is -0.122. The van der Waals surface area contributed by atoms with Crippen LogP contribution in [-0.4, -0.2) is 29.5 Å². The molecule has 4 nitrogen and oxygen atoms in total. The molecular formula is C14H21N3O. The Morgan fingerprint density at radius 3 is 2.61 bits per heavy atom. The second-order valence-electron chi connectivity index (χ2n) is 4.62. The molecule has 0 bridgehead atoms. The number of nitrogens with zero attached hydrogens (tertiary/aromatic N) is 2. The van der Waals surface area contributed by atoms with E-state index in [-0.39, 0.29) is 11.4 Å². The fraction of sp³-hybridized carbons (Fsp3) is 0.571. The molecule has 1 amide bonds. The summed E-state index contributed by atoms with van der Waals surface area (Å²) >= 11 is 0. The number of rotatable bonds is 1. The van der Waals surface area contributed by atoms with Crippen molar-refractivity contribution in [3.8, 4) is 0 Å². The SMILES string of the molecule is CC.Cc1ccc(N2CCNC3(CC3)C2=O)cn1. The first-order valence-electron chi connectivity index (χ1n) is 6.71. The first-order valence-corrected chi connectivity index (χ1v) is 6.71. The molecule has 98 valence electrons. The standard InChI is InChI=1S/C12H15N3O.C2H6/c1-9-2-3-10(8-13-9)15-7-6-14-12(4-5-12)11(15)16;1-2/h2-3,8,14H,4-7H2,1H3;1-2H3. The molecule has 0 unspecified atom stereocenters. The van der Waals surface area contributed by atoms with Gasteiger partial charge in [0.2, 0.25) is 5.91 Å². The lowest BCUT2D eigenvalue weighted by atomic mass is 10.1. The summed E-state index contributed by atoms with van der Waals surface area (Å²) in [6, 6.07) is 3.92. The summed E-state index contributed by atoms with van der Waals surface area (Å²) in [6.45, 7) is 7.57. The Morgan fingerprint density at radius 2 is 2.06 bits per heavy atom. The van der Waals surface area contributed by atoms with Crippen LogP contribution in [-0.2, 0) is 4.79 Å². The number of piperazine rings is 1. The molecule has 1 saturated carbocycles. The fourth-order valence-electron chi connectivity index (χ4n) is 2.22. The van der Waals surface area contributed by atoms with Crippen LogP contribution in [0, 0.1) is 6.92 Å². The number of nitrogens with one attached hydrogen (secondary N) is 1. The van der Waals surface area contributed by atoms with Gasteiger partial charge in [0.15, 0.2) is 0 Å². The van der Waals surface area contributed by atoms with E-state index in [1.807, 2.05) is 37.8 Å². The first-order chi connectivity index (χ1) is 8.71. The van der Waals surface area contributed by atoms with E-state index in [9.17, 15) is 4.79 Å². The highest BCUT2D eigenvalue weighted by Crippen LogP contribution is 2.39. The fourth-order valence-corrected chi connectivity index (χ4v) is 2.22. The number of pyridine rings is 1. The number of carbonyl (C=O) groups excluding carboxylic acids is 1. The zero-order valence-corrected chi connectivity index (χ0v) is 11.4. The van der Waals surface area contributed by atoms with Crippen LogP contribution in [0.3, 0.4) is 0 Å². The van der Waals surface area contributed by atoms with Crippen LogP contribution >= 0.6 is 0 Å². The highest BCUT2D eigenvalue weighted by Gasteiger charge is 2.53. The highest BCUT2D eigenvalue weighted by molar-refractivity contribution is 6.03. The van der Waals surface area contributed by atoms with Gasteiger partial charge in [-0.15, -0.1) is 0 Å². The third-order valence-electron chi connectivity index (χ3n) is 3.41. The minimum Gasteiger partial charge on any atom is -0.308 e. The Bertz CT molecular complexity index is 423. The number of amides is 1. The van der Waals surface area contributed by atoms with E-state index in [4.69, 9.17) is 0 Å². The van der Waals surface area contributed by atoms with Crippen molar-refractivity contribution in [3.05, 3.63) is 24.0 Å². The maximum absolute atomic E-state index is 12.2. The predicted molar refractivity (Wildman–Crippen MR) is 72.6 cm³/mol. The number of aryl methyl sites for hydroxylation is 1. The molecule has 1 aromatic rings. The van der Waals surface area contributed by atoms with E-state index in [1.54, 1.807) is 6.20 Å². The van der Waals surface area contributed by atoms with Crippen molar-refractivity contribution in [2.75, 3.05) is 18.0 Å². The third kappa shape index (κ3) is 2.25. The Kier molecular flexibility index (Phi) is 3.66. The summed E-state index contributed by atoms with van der Waals surface area (Å²) in [5.41, 5.74) is 1.67. The Morgan fingerprint density at radius 1 is 1.33 bits per heavy atom. The van der Waals surface area contributed by atoms with Gasteiger partial charge >= 0.3 is 0 Å². The maximum atomic E-state index is 12.2.